The zero-order valence-electron chi connectivity index (χ0n) is 7.19. The average molecular weight is 228 g/mol. The molecule has 14 heavy (non-hydrogen) atoms. The number of nitrogens with one attached hydrogen (secondary N) is 1. The third-order valence-electron chi connectivity index (χ3n) is 1.93. The summed E-state index contributed by atoms with van der Waals surface area (Å²) in [6.45, 7) is 0.146. The highest BCUT2D eigenvalue weighted by atomic mass is 32.1. The van der Waals surface area contributed by atoms with Gasteiger partial charge in [-0.05, 0) is 23.7 Å². The number of H-pyrrole nitrogens is 1. The summed E-state index contributed by atoms with van der Waals surface area (Å²) < 4.78 is 1.73. The van der Waals surface area contributed by atoms with Crippen molar-refractivity contribution in [3.63, 3.8) is 0 Å². The van der Waals surface area contributed by atoms with Crippen molar-refractivity contribution < 1.29 is 5.11 Å². The number of aliphatic hydroxyl groups is 1. The highest BCUT2D eigenvalue weighted by Gasteiger charge is 2.05. The number of hydrogen-bond acceptors (Lipinski definition) is 4. The zero-order valence-corrected chi connectivity index (χ0v) is 8.82. The third-order valence-corrected chi connectivity index (χ3v) is 3.08. The molecule has 2 rings (SSSR count). The Morgan fingerprint density at radius 1 is 1.64 bits per heavy atom. The summed E-state index contributed by atoms with van der Waals surface area (Å²) in [5.74, 6) is 0. The van der Waals surface area contributed by atoms with Crippen molar-refractivity contribution in [2.75, 3.05) is 6.61 Å². The van der Waals surface area contributed by atoms with E-state index >= 15 is 0 Å². The molecule has 0 radical (unpaired) electrons. The molecule has 0 bridgehead atoms. The van der Waals surface area contributed by atoms with Crippen molar-refractivity contribution >= 4 is 33.8 Å². The lowest BCUT2D eigenvalue weighted by atomic mass is 10.4. The molecule has 4 nitrogen and oxygen atoms in total. The summed E-state index contributed by atoms with van der Waals surface area (Å²) in [5, 5.41) is 11.2. The molecule has 0 aliphatic rings. The summed E-state index contributed by atoms with van der Waals surface area (Å²) in [4.78, 5) is 15.5. The number of rotatable bonds is 2. The van der Waals surface area contributed by atoms with Gasteiger partial charge in [-0.3, -0.25) is 9.36 Å². The second-order valence-corrected chi connectivity index (χ2v) is 4.08. The number of nitrogens with zero attached hydrogens (tertiary/aromatic N) is 1. The Hall–Kier alpha value is -0.980. The number of aliphatic hydroxyl groups excluding tert-OH is 1. The van der Waals surface area contributed by atoms with Gasteiger partial charge in [-0.25, -0.2) is 0 Å². The van der Waals surface area contributed by atoms with Crippen LogP contribution in [0.4, 0.5) is 0 Å². The first-order valence-corrected chi connectivity index (χ1v) is 5.34. The zero-order chi connectivity index (χ0) is 10.1. The molecule has 0 aliphatic heterocycles. The van der Waals surface area contributed by atoms with E-state index in [-0.39, 0.29) is 18.7 Å². The molecule has 0 fully saturated rings. The van der Waals surface area contributed by atoms with E-state index in [1.54, 1.807) is 6.07 Å². The fourth-order valence-corrected chi connectivity index (χ4v) is 2.40. The number of thiophene rings is 1. The van der Waals surface area contributed by atoms with Crippen LogP contribution >= 0.6 is 23.6 Å². The fourth-order valence-electron chi connectivity index (χ4n) is 1.28. The molecular weight excluding hydrogens is 220 g/mol. The summed E-state index contributed by atoms with van der Waals surface area (Å²) in [6, 6.07) is 1.75. The number of aromatic amines is 1. The molecule has 0 saturated carbocycles. The van der Waals surface area contributed by atoms with Crippen LogP contribution in [0.25, 0.3) is 10.2 Å². The van der Waals surface area contributed by atoms with Crippen LogP contribution in [-0.4, -0.2) is 21.3 Å². The molecule has 2 heterocycles. The van der Waals surface area contributed by atoms with Gasteiger partial charge in [0.05, 0.1) is 18.5 Å². The summed E-state index contributed by atoms with van der Waals surface area (Å²) in [7, 11) is 0. The lowest BCUT2D eigenvalue weighted by Crippen LogP contribution is -2.22. The van der Waals surface area contributed by atoms with Crippen LogP contribution in [-0.2, 0) is 6.54 Å². The van der Waals surface area contributed by atoms with Gasteiger partial charge in [0, 0.05) is 0 Å². The smallest absolute Gasteiger partial charge is 0.263 e. The van der Waals surface area contributed by atoms with E-state index < -0.39 is 0 Å². The van der Waals surface area contributed by atoms with Crippen molar-refractivity contribution in [2.45, 2.75) is 6.54 Å². The molecule has 2 N–H and O–H groups in total. The van der Waals surface area contributed by atoms with Crippen LogP contribution in [0.1, 0.15) is 0 Å². The maximum Gasteiger partial charge on any atom is 0.263 e. The highest BCUT2D eigenvalue weighted by Crippen LogP contribution is 2.13. The molecule has 0 spiro atoms. The summed E-state index contributed by atoms with van der Waals surface area (Å²) >= 11 is 6.45. The first kappa shape index (κ1) is 9.57. The maximum absolute atomic E-state index is 11.8. The van der Waals surface area contributed by atoms with E-state index in [0.717, 1.165) is 4.83 Å². The van der Waals surface area contributed by atoms with E-state index in [1.807, 2.05) is 5.38 Å². The van der Waals surface area contributed by atoms with Gasteiger partial charge in [0.2, 0.25) is 0 Å². The van der Waals surface area contributed by atoms with Gasteiger partial charge in [-0.15, -0.1) is 11.3 Å². The van der Waals surface area contributed by atoms with E-state index in [0.29, 0.717) is 10.2 Å². The lowest BCUT2D eigenvalue weighted by molar-refractivity contribution is 0.273. The predicted octanol–water partition coefficient (Wildman–Crippen LogP) is 1.11. The van der Waals surface area contributed by atoms with Gasteiger partial charge in [0.25, 0.3) is 5.56 Å². The Kier molecular flexibility index (Phi) is 2.49. The number of hydrogen-bond donors (Lipinski definition) is 2. The molecular formula is C8H8N2O2S2. The van der Waals surface area contributed by atoms with Crippen LogP contribution in [0.2, 0.25) is 0 Å². The van der Waals surface area contributed by atoms with Crippen LogP contribution in [0.3, 0.4) is 0 Å². The Labute approximate surface area is 88.4 Å². The average Bonchev–Trinajstić information content (AvgIpc) is 2.60. The van der Waals surface area contributed by atoms with Crippen LogP contribution in [0.15, 0.2) is 16.2 Å². The van der Waals surface area contributed by atoms with Crippen molar-refractivity contribution in [3.8, 4) is 0 Å². The minimum atomic E-state index is -0.140. The Balaban J connectivity index is 2.83. The van der Waals surface area contributed by atoms with E-state index in [1.165, 1.54) is 15.9 Å². The van der Waals surface area contributed by atoms with Gasteiger partial charge < -0.3 is 10.1 Å². The quantitative estimate of drug-likeness (QED) is 0.757. The monoisotopic (exact) mass is 228 g/mol. The molecule has 2 aromatic heterocycles. The number of aromatic nitrogens is 2. The van der Waals surface area contributed by atoms with E-state index in [4.69, 9.17) is 17.3 Å². The van der Waals surface area contributed by atoms with Crippen molar-refractivity contribution in [2.24, 2.45) is 0 Å². The predicted molar refractivity (Wildman–Crippen MR) is 58.4 cm³/mol. The van der Waals surface area contributed by atoms with Gasteiger partial charge in [-0.1, -0.05) is 0 Å². The Morgan fingerprint density at radius 3 is 3.14 bits per heavy atom. The molecule has 0 aromatic carbocycles. The second-order valence-electron chi connectivity index (χ2n) is 2.77. The number of fused-ring (bicyclic) bond motifs is 1. The lowest BCUT2D eigenvalue weighted by Gasteiger charge is -2.02. The van der Waals surface area contributed by atoms with Gasteiger partial charge >= 0.3 is 0 Å². The van der Waals surface area contributed by atoms with E-state index in [9.17, 15) is 4.79 Å². The fraction of sp³-hybridized carbons (Fsp3) is 0.250. The SMILES string of the molecule is O=c1c2ccsc2[nH]c(=S)n1CCO. The van der Waals surface area contributed by atoms with Crippen LogP contribution in [0.5, 0.6) is 0 Å². The maximum atomic E-state index is 11.8. The van der Waals surface area contributed by atoms with Gasteiger partial charge in [-0.2, -0.15) is 0 Å². The standard InChI is InChI=1S/C8H8N2O2S2/c11-3-2-10-7(12)5-1-4-14-6(5)9-8(10)13/h1,4,11H,2-3H2,(H,9,13). The highest BCUT2D eigenvalue weighted by molar-refractivity contribution is 7.71. The molecule has 0 amide bonds. The Morgan fingerprint density at radius 2 is 2.43 bits per heavy atom. The third kappa shape index (κ3) is 1.41. The van der Waals surface area contributed by atoms with E-state index in [2.05, 4.69) is 4.98 Å². The molecule has 0 atom stereocenters. The van der Waals surface area contributed by atoms with Gasteiger partial charge in [0.15, 0.2) is 4.77 Å². The summed E-state index contributed by atoms with van der Waals surface area (Å²) in [6.07, 6.45) is 0. The van der Waals surface area contributed by atoms with Crippen LogP contribution in [0, 0.1) is 4.77 Å². The topological polar surface area (TPSA) is 58.0 Å². The molecule has 2 aromatic rings. The molecule has 0 aliphatic carbocycles. The molecule has 0 unspecified atom stereocenters. The van der Waals surface area contributed by atoms with Crippen molar-refractivity contribution in [1.82, 2.24) is 9.55 Å². The minimum Gasteiger partial charge on any atom is -0.395 e. The first-order chi connectivity index (χ1) is 6.74. The molecule has 6 heteroatoms. The molecule has 0 saturated heterocycles. The second kappa shape index (κ2) is 3.64. The minimum absolute atomic E-state index is 0.0902. The summed E-state index contributed by atoms with van der Waals surface area (Å²) in [5.41, 5.74) is -0.140. The van der Waals surface area contributed by atoms with Crippen molar-refractivity contribution in [3.05, 3.63) is 26.6 Å². The van der Waals surface area contributed by atoms with Crippen LogP contribution < -0.4 is 5.56 Å². The Bertz CT molecular complexity index is 566. The molecule has 74 valence electrons. The van der Waals surface area contributed by atoms with Gasteiger partial charge in [0.1, 0.15) is 4.83 Å². The first-order valence-electron chi connectivity index (χ1n) is 4.05. The largest absolute Gasteiger partial charge is 0.395 e. The van der Waals surface area contributed by atoms with Crippen molar-refractivity contribution in [1.29, 1.82) is 0 Å². The normalized spacial score (nSPS) is 10.9.